The summed E-state index contributed by atoms with van der Waals surface area (Å²) in [6, 6.07) is 8.17. The molecule has 0 unspecified atom stereocenters. The number of hydrogen-bond donors (Lipinski definition) is 3. The summed E-state index contributed by atoms with van der Waals surface area (Å²) in [6.07, 6.45) is 8.35. The fourth-order valence-electron chi connectivity index (χ4n) is 3.70. The second-order valence-corrected chi connectivity index (χ2v) is 7.58. The Labute approximate surface area is 154 Å². The van der Waals surface area contributed by atoms with Crippen LogP contribution in [0.2, 0.25) is 0 Å². The number of rotatable bonds is 6. The monoisotopic (exact) mass is 355 g/mol. The van der Waals surface area contributed by atoms with E-state index in [1.54, 1.807) is 0 Å². The van der Waals surface area contributed by atoms with Crippen molar-refractivity contribution in [2.75, 3.05) is 0 Å². The van der Waals surface area contributed by atoms with Gasteiger partial charge < -0.3 is 15.6 Å². The summed E-state index contributed by atoms with van der Waals surface area (Å²) in [6.45, 7) is 3.75. The molecular formula is C21H29N3O2. The van der Waals surface area contributed by atoms with Crippen molar-refractivity contribution in [3.63, 3.8) is 0 Å². The van der Waals surface area contributed by atoms with Gasteiger partial charge in [-0.15, -0.1) is 0 Å². The van der Waals surface area contributed by atoms with Gasteiger partial charge >= 0.3 is 0 Å². The molecule has 0 spiro atoms. The van der Waals surface area contributed by atoms with Crippen LogP contribution in [0.5, 0.6) is 0 Å². The minimum atomic E-state index is -0.874. The van der Waals surface area contributed by atoms with E-state index in [4.69, 9.17) is 0 Å². The lowest BCUT2D eigenvalue weighted by Crippen LogP contribution is -2.58. The highest BCUT2D eigenvalue weighted by molar-refractivity contribution is 5.93. The Morgan fingerprint density at radius 1 is 1.19 bits per heavy atom. The first-order chi connectivity index (χ1) is 12.5. The maximum Gasteiger partial charge on any atom is 0.245 e. The summed E-state index contributed by atoms with van der Waals surface area (Å²) in [7, 11) is 0. The number of fused-ring (bicyclic) bond motifs is 1. The molecule has 1 aliphatic rings. The van der Waals surface area contributed by atoms with Crippen molar-refractivity contribution in [1.82, 2.24) is 15.6 Å². The van der Waals surface area contributed by atoms with Crippen LogP contribution < -0.4 is 10.6 Å². The average molecular weight is 355 g/mol. The molecule has 0 bridgehead atoms. The molecule has 1 aromatic carbocycles. The molecule has 3 rings (SSSR count). The number of para-hydroxylation sites is 1. The van der Waals surface area contributed by atoms with Crippen LogP contribution in [0.1, 0.15) is 57.9 Å². The molecule has 1 fully saturated rings. The van der Waals surface area contributed by atoms with E-state index in [-0.39, 0.29) is 24.3 Å². The molecule has 26 heavy (non-hydrogen) atoms. The fourth-order valence-corrected chi connectivity index (χ4v) is 3.70. The number of nitrogens with one attached hydrogen (secondary N) is 3. The molecule has 1 saturated carbocycles. The van der Waals surface area contributed by atoms with E-state index in [0.29, 0.717) is 6.42 Å². The molecule has 0 aliphatic heterocycles. The van der Waals surface area contributed by atoms with Crippen molar-refractivity contribution in [1.29, 1.82) is 0 Å². The Kier molecular flexibility index (Phi) is 5.64. The minimum absolute atomic E-state index is 0.0702. The zero-order valence-electron chi connectivity index (χ0n) is 15.7. The molecule has 1 aromatic heterocycles. The Balaban J connectivity index is 1.64. The predicted octanol–water partition coefficient (Wildman–Crippen LogP) is 3.44. The van der Waals surface area contributed by atoms with Crippen LogP contribution in [-0.4, -0.2) is 28.4 Å². The summed E-state index contributed by atoms with van der Waals surface area (Å²) >= 11 is 0. The minimum Gasteiger partial charge on any atom is -0.361 e. The first kappa shape index (κ1) is 18.5. The second kappa shape index (κ2) is 7.94. The van der Waals surface area contributed by atoms with Crippen molar-refractivity contribution >= 4 is 22.7 Å². The molecule has 2 aromatic rings. The molecule has 2 amide bonds. The topological polar surface area (TPSA) is 74.0 Å². The van der Waals surface area contributed by atoms with E-state index >= 15 is 0 Å². The highest BCUT2D eigenvalue weighted by Gasteiger charge is 2.34. The Hall–Kier alpha value is -2.30. The third-order valence-corrected chi connectivity index (χ3v) is 5.59. The summed E-state index contributed by atoms with van der Waals surface area (Å²) in [4.78, 5) is 28.6. The van der Waals surface area contributed by atoms with Crippen LogP contribution in [0.15, 0.2) is 30.5 Å². The molecule has 5 heteroatoms. The lowest BCUT2D eigenvalue weighted by atomic mass is 9.92. The third kappa shape index (κ3) is 4.09. The van der Waals surface area contributed by atoms with Gasteiger partial charge in [-0.2, -0.15) is 0 Å². The molecule has 1 aliphatic carbocycles. The summed E-state index contributed by atoms with van der Waals surface area (Å²) in [5.41, 5.74) is 1.09. The summed E-state index contributed by atoms with van der Waals surface area (Å²) in [5.74, 6) is -0.197. The van der Waals surface area contributed by atoms with E-state index in [0.717, 1.165) is 29.3 Å². The molecule has 0 radical (unpaired) electrons. The quantitative estimate of drug-likeness (QED) is 0.742. The number of carbonyl (C=O) groups excluding carboxylic acids is 2. The Morgan fingerprint density at radius 2 is 1.92 bits per heavy atom. The Bertz CT molecular complexity index is 776. The highest BCUT2D eigenvalue weighted by atomic mass is 16.2. The van der Waals surface area contributed by atoms with Gasteiger partial charge in [0.15, 0.2) is 0 Å². The molecule has 3 N–H and O–H groups in total. The first-order valence-corrected chi connectivity index (χ1v) is 9.69. The maximum atomic E-state index is 12.8. The standard InChI is InChI=1S/C21H29N3O2/c1-3-21(2,20(26)23-16-9-5-4-6-10-16)24-19(25)13-15-14-22-18-12-8-7-11-17(15)18/h7-8,11-12,14,16,22H,3-6,9-10,13H2,1-2H3,(H,23,26)(H,24,25)/t21-/m1/s1. The van der Waals surface area contributed by atoms with E-state index < -0.39 is 5.54 Å². The third-order valence-electron chi connectivity index (χ3n) is 5.59. The largest absolute Gasteiger partial charge is 0.361 e. The fraction of sp³-hybridized carbons (Fsp3) is 0.524. The van der Waals surface area contributed by atoms with Gasteiger partial charge in [0.1, 0.15) is 5.54 Å². The zero-order valence-corrected chi connectivity index (χ0v) is 15.7. The lowest BCUT2D eigenvalue weighted by molar-refractivity contribution is -0.133. The van der Waals surface area contributed by atoms with Crippen molar-refractivity contribution in [3.05, 3.63) is 36.0 Å². The predicted molar refractivity (Wildman–Crippen MR) is 104 cm³/mol. The number of H-pyrrole nitrogens is 1. The van der Waals surface area contributed by atoms with E-state index in [2.05, 4.69) is 15.6 Å². The number of aromatic nitrogens is 1. The summed E-state index contributed by atoms with van der Waals surface area (Å²) < 4.78 is 0. The highest BCUT2D eigenvalue weighted by Crippen LogP contribution is 2.20. The van der Waals surface area contributed by atoms with Gasteiger partial charge in [-0.05, 0) is 37.8 Å². The van der Waals surface area contributed by atoms with Gasteiger partial charge in [0.2, 0.25) is 11.8 Å². The Morgan fingerprint density at radius 3 is 2.65 bits per heavy atom. The number of aromatic amines is 1. The lowest BCUT2D eigenvalue weighted by Gasteiger charge is -2.32. The van der Waals surface area contributed by atoms with Gasteiger partial charge in [-0.3, -0.25) is 9.59 Å². The van der Waals surface area contributed by atoms with Gasteiger partial charge in [0.05, 0.1) is 6.42 Å². The molecular weight excluding hydrogens is 326 g/mol. The first-order valence-electron chi connectivity index (χ1n) is 9.69. The normalized spacial score (nSPS) is 17.6. The molecule has 1 heterocycles. The maximum absolute atomic E-state index is 12.8. The number of benzene rings is 1. The van der Waals surface area contributed by atoms with Crippen molar-refractivity contribution in [2.45, 2.75) is 70.4 Å². The van der Waals surface area contributed by atoms with Crippen molar-refractivity contribution in [2.24, 2.45) is 0 Å². The van der Waals surface area contributed by atoms with E-state index in [1.165, 1.54) is 19.3 Å². The van der Waals surface area contributed by atoms with Gasteiger partial charge in [-0.1, -0.05) is 44.4 Å². The van der Waals surface area contributed by atoms with E-state index in [9.17, 15) is 9.59 Å². The molecule has 140 valence electrons. The average Bonchev–Trinajstić information content (AvgIpc) is 3.05. The number of amides is 2. The van der Waals surface area contributed by atoms with Gasteiger partial charge in [0.25, 0.3) is 0 Å². The summed E-state index contributed by atoms with van der Waals surface area (Å²) in [5, 5.41) is 7.16. The van der Waals surface area contributed by atoms with Crippen LogP contribution in [0.25, 0.3) is 10.9 Å². The number of hydrogen-bond acceptors (Lipinski definition) is 2. The van der Waals surface area contributed by atoms with Crippen molar-refractivity contribution in [3.8, 4) is 0 Å². The van der Waals surface area contributed by atoms with Gasteiger partial charge in [0, 0.05) is 23.1 Å². The SMILES string of the molecule is CC[C@@](C)(NC(=O)Cc1c[nH]c2ccccc12)C(=O)NC1CCCCC1. The molecule has 5 nitrogen and oxygen atoms in total. The molecule has 0 saturated heterocycles. The van der Waals surface area contributed by atoms with E-state index in [1.807, 2.05) is 44.3 Å². The molecule has 1 atom stereocenters. The van der Waals surface area contributed by atoms with Crippen LogP contribution in [0.4, 0.5) is 0 Å². The van der Waals surface area contributed by atoms with Crippen LogP contribution in [0, 0.1) is 0 Å². The number of carbonyl (C=O) groups is 2. The van der Waals surface area contributed by atoms with Gasteiger partial charge in [-0.25, -0.2) is 0 Å². The smallest absolute Gasteiger partial charge is 0.245 e. The van der Waals surface area contributed by atoms with Crippen LogP contribution in [0.3, 0.4) is 0 Å². The van der Waals surface area contributed by atoms with Crippen LogP contribution >= 0.6 is 0 Å². The van der Waals surface area contributed by atoms with Crippen molar-refractivity contribution < 1.29 is 9.59 Å². The second-order valence-electron chi connectivity index (χ2n) is 7.58. The zero-order chi connectivity index (χ0) is 18.6. The van der Waals surface area contributed by atoms with Crippen LogP contribution in [-0.2, 0) is 16.0 Å².